The molecule has 29 heavy (non-hydrogen) atoms. The van der Waals surface area contributed by atoms with Crippen LogP contribution in [0.5, 0.6) is 11.5 Å². The van der Waals surface area contributed by atoms with Crippen molar-refractivity contribution in [1.82, 2.24) is 10.3 Å². The van der Waals surface area contributed by atoms with Gasteiger partial charge in [-0.1, -0.05) is 12.1 Å². The highest BCUT2D eigenvalue weighted by molar-refractivity contribution is 5.98. The van der Waals surface area contributed by atoms with E-state index in [1.165, 1.54) is 26.4 Å². The second kappa shape index (κ2) is 9.16. The fourth-order valence-corrected chi connectivity index (χ4v) is 2.97. The lowest BCUT2D eigenvalue weighted by Crippen LogP contribution is -2.23. The summed E-state index contributed by atoms with van der Waals surface area (Å²) in [5, 5.41) is 12.3. The number of nitrogens with one attached hydrogen (secondary N) is 1. The molecule has 1 amide bonds. The zero-order chi connectivity index (χ0) is 20.8. The Labute approximate surface area is 167 Å². The number of carbonyl (C=O) groups is 1. The van der Waals surface area contributed by atoms with Crippen LogP contribution in [-0.4, -0.2) is 30.2 Å². The van der Waals surface area contributed by atoms with Crippen LogP contribution in [0.25, 0.3) is 11.1 Å². The molecule has 0 unspecified atom stereocenters. The van der Waals surface area contributed by atoms with Crippen molar-refractivity contribution in [2.45, 2.75) is 13.2 Å². The highest BCUT2D eigenvalue weighted by atomic mass is 19.1. The normalized spacial score (nSPS) is 10.5. The smallest absolute Gasteiger partial charge is 0.255 e. The SMILES string of the molecule is COc1ccc(CNC(=O)c2cc(-c3cnccc3CO)ccc2OC)cc1F. The minimum atomic E-state index is -0.494. The molecule has 0 aliphatic rings. The molecule has 1 aromatic heterocycles. The Balaban J connectivity index is 1.85. The van der Waals surface area contributed by atoms with Crippen molar-refractivity contribution in [3.63, 3.8) is 0 Å². The number of aliphatic hydroxyl groups excluding tert-OH is 1. The molecule has 150 valence electrons. The zero-order valence-corrected chi connectivity index (χ0v) is 16.1. The summed E-state index contributed by atoms with van der Waals surface area (Å²) >= 11 is 0. The van der Waals surface area contributed by atoms with Gasteiger partial charge in [-0.05, 0) is 47.0 Å². The van der Waals surface area contributed by atoms with Crippen LogP contribution in [0, 0.1) is 5.82 Å². The van der Waals surface area contributed by atoms with E-state index in [0.717, 1.165) is 11.1 Å². The molecule has 2 N–H and O–H groups in total. The van der Waals surface area contributed by atoms with Crippen molar-refractivity contribution in [2.75, 3.05) is 14.2 Å². The molecule has 3 rings (SSSR count). The molecule has 0 aliphatic carbocycles. The van der Waals surface area contributed by atoms with Gasteiger partial charge in [0.15, 0.2) is 11.6 Å². The minimum absolute atomic E-state index is 0.141. The van der Waals surface area contributed by atoms with Gasteiger partial charge in [0.2, 0.25) is 0 Å². The number of ether oxygens (including phenoxy) is 2. The van der Waals surface area contributed by atoms with Crippen LogP contribution >= 0.6 is 0 Å². The molecule has 0 saturated carbocycles. The van der Waals surface area contributed by atoms with Crippen LogP contribution in [-0.2, 0) is 13.2 Å². The maximum atomic E-state index is 13.8. The molecule has 0 fully saturated rings. The van der Waals surface area contributed by atoms with E-state index in [0.29, 0.717) is 22.4 Å². The van der Waals surface area contributed by atoms with Gasteiger partial charge < -0.3 is 19.9 Å². The van der Waals surface area contributed by atoms with E-state index in [9.17, 15) is 14.3 Å². The summed E-state index contributed by atoms with van der Waals surface area (Å²) < 4.78 is 24.1. The molecule has 0 bridgehead atoms. The average molecular weight is 396 g/mol. The van der Waals surface area contributed by atoms with Crippen LogP contribution in [0.3, 0.4) is 0 Å². The number of carbonyl (C=O) groups excluding carboxylic acids is 1. The molecule has 7 heteroatoms. The summed E-state index contributed by atoms with van der Waals surface area (Å²) in [7, 11) is 2.87. The van der Waals surface area contributed by atoms with Crippen molar-refractivity contribution >= 4 is 5.91 Å². The lowest BCUT2D eigenvalue weighted by molar-refractivity contribution is 0.0948. The standard InChI is InChI=1S/C22H21FN2O4/c1-28-20-6-4-15(18-12-24-8-7-16(18)13-26)10-17(20)22(27)25-11-14-3-5-21(29-2)19(23)9-14/h3-10,12,26H,11,13H2,1-2H3,(H,25,27). The summed E-state index contributed by atoms with van der Waals surface area (Å²) in [4.78, 5) is 16.9. The number of methoxy groups -OCH3 is 2. The molecule has 0 saturated heterocycles. The Kier molecular flexibility index (Phi) is 6.41. The fraction of sp³-hybridized carbons (Fsp3) is 0.182. The van der Waals surface area contributed by atoms with Gasteiger partial charge in [0.05, 0.1) is 26.4 Å². The second-order valence-corrected chi connectivity index (χ2v) is 6.26. The molecular weight excluding hydrogens is 375 g/mol. The average Bonchev–Trinajstić information content (AvgIpc) is 2.77. The monoisotopic (exact) mass is 396 g/mol. The maximum Gasteiger partial charge on any atom is 0.255 e. The summed E-state index contributed by atoms with van der Waals surface area (Å²) in [6.07, 6.45) is 3.23. The Morgan fingerprint density at radius 1 is 1.10 bits per heavy atom. The van der Waals surface area contributed by atoms with Crippen molar-refractivity contribution in [2.24, 2.45) is 0 Å². The van der Waals surface area contributed by atoms with E-state index < -0.39 is 5.82 Å². The van der Waals surface area contributed by atoms with Gasteiger partial charge in [-0.15, -0.1) is 0 Å². The number of halogens is 1. The van der Waals surface area contributed by atoms with Gasteiger partial charge >= 0.3 is 0 Å². The lowest BCUT2D eigenvalue weighted by atomic mass is 9.99. The number of amides is 1. The van der Waals surface area contributed by atoms with Gasteiger partial charge in [-0.3, -0.25) is 9.78 Å². The first kappa shape index (κ1) is 20.3. The Morgan fingerprint density at radius 2 is 1.86 bits per heavy atom. The summed E-state index contributed by atoms with van der Waals surface area (Å²) in [5.74, 6) is -0.312. The molecule has 0 spiro atoms. The van der Waals surface area contributed by atoms with Gasteiger partial charge in [0.25, 0.3) is 5.91 Å². The van der Waals surface area contributed by atoms with E-state index in [4.69, 9.17) is 9.47 Å². The number of hydrogen-bond acceptors (Lipinski definition) is 5. The molecule has 6 nitrogen and oxygen atoms in total. The summed E-state index contributed by atoms with van der Waals surface area (Å²) in [6, 6.07) is 11.4. The van der Waals surface area contributed by atoms with Crippen molar-refractivity contribution < 1.29 is 23.8 Å². The second-order valence-electron chi connectivity index (χ2n) is 6.26. The Bertz CT molecular complexity index is 1020. The van der Waals surface area contributed by atoms with Gasteiger partial charge in [-0.25, -0.2) is 4.39 Å². The topological polar surface area (TPSA) is 80.7 Å². The van der Waals surface area contributed by atoms with Crippen LogP contribution in [0.4, 0.5) is 4.39 Å². The number of hydrogen-bond donors (Lipinski definition) is 2. The van der Waals surface area contributed by atoms with Gasteiger partial charge in [-0.2, -0.15) is 0 Å². The Morgan fingerprint density at radius 3 is 2.55 bits per heavy atom. The van der Waals surface area contributed by atoms with Gasteiger partial charge in [0.1, 0.15) is 5.75 Å². The van der Waals surface area contributed by atoms with E-state index in [2.05, 4.69) is 10.3 Å². The molecule has 1 heterocycles. The first-order valence-electron chi connectivity index (χ1n) is 8.90. The maximum absolute atomic E-state index is 13.8. The highest BCUT2D eigenvalue weighted by Gasteiger charge is 2.15. The number of rotatable bonds is 7. The molecule has 2 aromatic carbocycles. The minimum Gasteiger partial charge on any atom is -0.496 e. The lowest BCUT2D eigenvalue weighted by Gasteiger charge is -2.13. The molecule has 0 aliphatic heterocycles. The number of pyridine rings is 1. The number of benzene rings is 2. The van der Waals surface area contributed by atoms with E-state index in [1.54, 1.807) is 42.7 Å². The Hall–Kier alpha value is -3.45. The van der Waals surface area contributed by atoms with E-state index in [-0.39, 0.29) is 24.8 Å². The largest absolute Gasteiger partial charge is 0.496 e. The molecule has 0 radical (unpaired) electrons. The van der Waals surface area contributed by atoms with E-state index >= 15 is 0 Å². The van der Waals surface area contributed by atoms with Crippen LogP contribution in [0.15, 0.2) is 54.9 Å². The third-order valence-corrected chi connectivity index (χ3v) is 4.51. The zero-order valence-electron chi connectivity index (χ0n) is 16.1. The van der Waals surface area contributed by atoms with Crippen molar-refractivity contribution in [3.05, 3.63) is 77.4 Å². The van der Waals surface area contributed by atoms with Crippen molar-refractivity contribution in [3.8, 4) is 22.6 Å². The number of aromatic nitrogens is 1. The third-order valence-electron chi connectivity index (χ3n) is 4.51. The van der Waals surface area contributed by atoms with E-state index in [1.807, 2.05) is 0 Å². The van der Waals surface area contributed by atoms with Crippen molar-refractivity contribution in [1.29, 1.82) is 0 Å². The van der Waals surface area contributed by atoms with Crippen LogP contribution in [0.2, 0.25) is 0 Å². The molecule has 0 atom stereocenters. The van der Waals surface area contributed by atoms with Crippen LogP contribution < -0.4 is 14.8 Å². The van der Waals surface area contributed by atoms with Gasteiger partial charge in [0, 0.05) is 24.5 Å². The highest BCUT2D eigenvalue weighted by Crippen LogP contribution is 2.28. The summed E-state index contributed by atoms with van der Waals surface area (Å²) in [6.45, 7) is -0.00361. The first-order valence-corrected chi connectivity index (χ1v) is 8.90. The number of aliphatic hydroxyl groups is 1. The summed E-state index contributed by atoms with van der Waals surface area (Å²) in [5.41, 5.74) is 3.08. The fourth-order valence-electron chi connectivity index (χ4n) is 2.97. The first-order chi connectivity index (χ1) is 14.1. The quantitative estimate of drug-likeness (QED) is 0.640. The predicted molar refractivity (Wildman–Crippen MR) is 106 cm³/mol. The predicted octanol–water partition coefficient (Wildman–Crippen LogP) is 3.33. The molecular formula is C22H21FN2O4. The third kappa shape index (κ3) is 4.52. The number of nitrogens with zero attached hydrogens (tertiary/aromatic N) is 1. The van der Waals surface area contributed by atoms with Crippen LogP contribution in [0.1, 0.15) is 21.5 Å². The molecule has 3 aromatic rings.